The molecule has 0 aromatic heterocycles. The summed E-state index contributed by atoms with van der Waals surface area (Å²) < 4.78 is 4.95. The molecule has 1 aromatic carbocycles. The van der Waals surface area contributed by atoms with E-state index in [1.54, 1.807) is 12.1 Å². The lowest BCUT2D eigenvalue weighted by molar-refractivity contribution is -0.143. The van der Waals surface area contributed by atoms with Crippen LogP contribution in [0.15, 0.2) is 18.2 Å². The van der Waals surface area contributed by atoms with Gasteiger partial charge in [0.1, 0.15) is 5.75 Å². The SMILES string of the molecule is CCOC(=O)CC1CC1c1ccc(O)cc1C. The topological polar surface area (TPSA) is 46.5 Å². The predicted molar refractivity (Wildman–Crippen MR) is 64.9 cm³/mol. The highest BCUT2D eigenvalue weighted by molar-refractivity contribution is 5.70. The van der Waals surface area contributed by atoms with Gasteiger partial charge in [0, 0.05) is 6.42 Å². The van der Waals surface area contributed by atoms with Crippen LogP contribution in [0.4, 0.5) is 0 Å². The molecule has 1 N–H and O–H groups in total. The van der Waals surface area contributed by atoms with Gasteiger partial charge in [0.25, 0.3) is 0 Å². The van der Waals surface area contributed by atoms with Gasteiger partial charge in [0.2, 0.25) is 0 Å². The first-order valence-electron chi connectivity index (χ1n) is 6.07. The number of ether oxygens (including phenoxy) is 1. The van der Waals surface area contributed by atoms with Gasteiger partial charge >= 0.3 is 5.97 Å². The molecule has 3 heteroatoms. The second-order valence-electron chi connectivity index (χ2n) is 4.65. The number of aromatic hydroxyl groups is 1. The van der Waals surface area contributed by atoms with E-state index in [-0.39, 0.29) is 5.97 Å². The van der Waals surface area contributed by atoms with Crippen LogP contribution in [0, 0.1) is 12.8 Å². The second-order valence-corrected chi connectivity index (χ2v) is 4.65. The van der Waals surface area contributed by atoms with Crippen LogP contribution in [0.3, 0.4) is 0 Å². The third-order valence-corrected chi connectivity index (χ3v) is 3.31. The molecule has 1 aliphatic rings. The Bertz CT molecular complexity index is 425. The van der Waals surface area contributed by atoms with E-state index in [0.717, 1.165) is 12.0 Å². The standard InChI is InChI=1S/C14H18O3/c1-3-17-14(16)8-10-7-13(10)12-5-4-11(15)6-9(12)2/h4-6,10,13,15H,3,7-8H2,1-2H3. The van der Waals surface area contributed by atoms with Gasteiger partial charge in [-0.05, 0) is 55.4 Å². The number of esters is 1. The number of carbonyl (C=O) groups excluding carboxylic acids is 1. The van der Waals surface area contributed by atoms with Crippen molar-refractivity contribution >= 4 is 5.97 Å². The van der Waals surface area contributed by atoms with E-state index in [0.29, 0.717) is 30.6 Å². The molecule has 0 saturated heterocycles. The Balaban J connectivity index is 1.96. The van der Waals surface area contributed by atoms with Gasteiger partial charge in [-0.1, -0.05) is 6.07 Å². The summed E-state index contributed by atoms with van der Waals surface area (Å²) in [5, 5.41) is 9.35. The Morgan fingerprint density at radius 2 is 2.29 bits per heavy atom. The Morgan fingerprint density at radius 1 is 1.53 bits per heavy atom. The Hall–Kier alpha value is -1.51. The summed E-state index contributed by atoms with van der Waals surface area (Å²) in [4.78, 5) is 11.3. The summed E-state index contributed by atoms with van der Waals surface area (Å²) in [6.07, 6.45) is 1.56. The molecular weight excluding hydrogens is 216 g/mol. The highest BCUT2D eigenvalue weighted by atomic mass is 16.5. The second kappa shape index (κ2) is 4.78. The van der Waals surface area contributed by atoms with Gasteiger partial charge in [-0.25, -0.2) is 0 Å². The molecular formula is C14H18O3. The van der Waals surface area contributed by atoms with Crippen LogP contribution < -0.4 is 0 Å². The quantitative estimate of drug-likeness (QED) is 0.815. The first kappa shape index (κ1) is 12.0. The minimum absolute atomic E-state index is 0.101. The first-order valence-corrected chi connectivity index (χ1v) is 6.07. The van der Waals surface area contributed by atoms with Crippen LogP contribution in [0.1, 0.15) is 36.8 Å². The van der Waals surface area contributed by atoms with Crippen molar-refractivity contribution < 1.29 is 14.6 Å². The summed E-state index contributed by atoms with van der Waals surface area (Å²) in [7, 11) is 0. The summed E-state index contributed by atoms with van der Waals surface area (Å²) in [6, 6.07) is 5.44. The zero-order chi connectivity index (χ0) is 12.4. The molecule has 2 unspecified atom stereocenters. The van der Waals surface area contributed by atoms with Gasteiger partial charge in [-0.2, -0.15) is 0 Å². The average Bonchev–Trinajstić information content (AvgIpc) is 2.97. The maximum Gasteiger partial charge on any atom is 0.306 e. The van der Waals surface area contributed by atoms with Crippen LogP contribution in [0.5, 0.6) is 5.75 Å². The van der Waals surface area contributed by atoms with Gasteiger partial charge in [0.05, 0.1) is 6.61 Å². The van der Waals surface area contributed by atoms with Crippen molar-refractivity contribution in [3.63, 3.8) is 0 Å². The smallest absolute Gasteiger partial charge is 0.306 e. The fraction of sp³-hybridized carbons (Fsp3) is 0.500. The largest absolute Gasteiger partial charge is 0.508 e. The summed E-state index contributed by atoms with van der Waals surface area (Å²) in [5.74, 6) is 1.07. The lowest BCUT2D eigenvalue weighted by Crippen LogP contribution is -2.05. The van der Waals surface area contributed by atoms with Crippen molar-refractivity contribution in [2.45, 2.75) is 32.6 Å². The number of hydrogen-bond donors (Lipinski definition) is 1. The Labute approximate surface area is 101 Å². The van der Waals surface area contributed by atoms with Crippen molar-refractivity contribution in [2.24, 2.45) is 5.92 Å². The fourth-order valence-electron chi connectivity index (χ4n) is 2.36. The highest BCUT2D eigenvalue weighted by Gasteiger charge is 2.40. The number of aryl methyl sites for hydroxylation is 1. The normalized spacial score (nSPS) is 22.2. The molecule has 0 amide bonds. The maximum absolute atomic E-state index is 11.3. The summed E-state index contributed by atoms with van der Waals surface area (Å²) in [6.45, 7) is 4.27. The number of carbonyl (C=O) groups is 1. The zero-order valence-electron chi connectivity index (χ0n) is 10.3. The van der Waals surface area contributed by atoms with Crippen molar-refractivity contribution in [1.82, 2.24) is 0 Å². The van der Waals surface area contributed by atoms with Crippen molar-refractivity contribution in [1.29, 1.82) is 0 Å². The van der Waals surface area contributed by atoms with E-state index in [4.69, 9.17) is 4.74 Å². The van der Waals surface area contributed by atoms with Crippen molar-refractivity contribution in [3.8, 4) is 5.75 Å². The molecule has 0 aliphatic heterocycles. The third kappa shape index (κ3) is 2.78. The number of phenols is 1. The number of phenolic OH excluding ortho intramolecular Hbond substituents is 1. The van der Waals surface area contributed by atoms with E-state index in [1.807, 2.05) is 19.9 Å². The molecule has 17 heavy (non-hydrogen) atoms. The van der Waals surface area contributed by atoms with E-state index < -0.39 is 0 Å². The van der Waals surface area contributed by atoms with Crippen molar-refractivity contribution in [2.75, 3.05) is 6.61 Å². The van der Waals surface area contributed by atoms with E-state index >= 15 is 0 Å². The molecule has 0 radical (unpaired) electrons. The molecule has 1 aromatic rings. The molecule has 92 valence electrons. The fourth-order valence-corrected chi connectivity index (χ4v) is 2.36. The average molecular weight is 234 g/mol. The molecule has 3 nitrogen and oxygen atoms in total. The molecule has 0 heterocycles. The minimum atomic E-state index is -0.101. The minimum Gasteiger partial charge on any atom is -0.508 e. The molecule has 1 aliphatic carbocycles. The van der Waals surface area contributed by atoms with E-state index in [1.165, 1.54) is 5.56 Å². The predicted octanol–water partition coefficient (Wildman–Crippen LogP) is 2.76. The molecule has 1 saturated carbocycles. The van der Waals surface area contributed by atoms with E-state index in [2.05, 4.69) is 0 Å². The Kier molecular flexibility index (Phi) is 3.36. The van der Waals surface area contributed by atoms with Gasteiger partial charge in [0.15, 0.2) is 0 Å². The Morgan fingerprint density at radius 3 is 2.94 bits per heavy atom. The highest BCUT2D eigenvalue weighted by Crippen LogP contribution is 2.50. The first-order chi connectivity index (χ1) is 8.11. The maximum atomic E-state index is 11.3. The van der Waals surface area contributed by atoms with E-state index in [9.17, 15) is 9.90 Å². The molecule has 0 spiro atoms. The molecule has 1 fully saturated rings. The van der Waals surface area contributed by atoms with Crippen LogP contribution >= 0.6 is 0 Å². The summed E-state index contributed by atoms with van der Waals surface area (Å²) in [5.41, 5.74) is 2.35. The van der Waals surface area contributed by atoms with Crippen LogP contribution in [0.25, 0.3) is 0 Å². The molecule has 0 bridgehead atoms. The lowest BCUT2D eigenvalue weighted by atomic mass is 10.0. The lowest BCUT2D eigenvalue weighted by Gasteiger charge is -2.06. The third-order valence-electron chi connectivity index (χ3n) is 3.31. The van der Waals surface area contributed by atoms with Crippen LogP contribution in [-0.2, 0) is 9.53 Å². The van der Waals surface area contributed by atoms with Crippen LogP contribution in [-0.4, -0.2) is 17.7 Å². The number of benzene rings is 1. The monoisotopic (exact) mass is 234 g/mol. The number of hydrogen-bond acceptors (Lipinski definition) is 3. The number of rotatable bonds is 4. The van der Waals surface area contributed by atoms with Crippen LogP contribution in [0.2, 0.25) is 0 Å². The zero-order valence-corrected chi connectivity index (χ0v) is 10.3. The van der Waals surface area contributed by atoms with Gasteiger partial charge in [-0.3, -0.25) is 4.79 Å². The van der Waals surface area contributed by atoms with Gasteiger partial charge in [-0.15, -0.1) is 0 Å². The van der Waals surface area contributed by atoms with Crippen molar-refractivity contribution in [3.05, 3.63) is 29.3 Å². The summed E-state index contributed by atoms with van der Waals surface area (Å²) >= 11 is 0. The molecule has 2 rings (SSSR count). The molecule has 2 atom stereocenters. The van der Waals surface area contributed by atoms with Gasteiger partial charge < -0.3 is 9.84 Å².